The summed E-state index contributed by atoms with van der Waals surface area (Å²) in [5, 5.41) is 6.90. The van der Waals surface area contributed by atoms with Gasteiger partial charge in [0.15, 0.2) is 5.96 Å². The number of hydrogen-bond donors (Lipinski definition) is 2. The van der Waals surface area contributed by atoms with Crippen LogP contribution in [0.5, 0.6) is 0 Å². The number of halogens is 1. The third-order valence-electron chi connectivity index (χ3n) is 4.97. The lowest BCUT2D eigenvalue weighted by atomic mass is 9.89. The number of nitrogens with zero attached hydrogens (tertiary/aromatic N) is 2. The van der Waals surface area contributed by atoms with Crippen LogP contribution >= 0.6 is 24.0 Å². The second-order valence-electron chi connectivity index (χ2n) is 7.24. The highest BCUT2D eigenvalue weighted by molar-refractivity contribution is 14.0. The first-order chi connectivity index (χ1) is 11.7. The summed E-state index contributed by atoms with van der Waals surface area (Å²) >= 11 is 0. The van der Waals surface area contributed by atoms with Gasteiger partial charge < -0.3 is 19.8 Å². The van der Waals surface area contributed by atoms with E-state index in [9.17, 15) is 0 Å². The molecule has 3 rings (SSSR count). The Labute approximate surface area is 167 Å². The third-order valence-corrected chi connectivity index (χ3v) is 4.97. The molecule has 2 fully saturated rings. The van der Waals surface area contributed by atoms with Crippen molar-refractivity contribution in [2.75, 3.05) is 46.4 Å². The molecule has 6 nitrogen and oxygen atoms in total. The third kappa shape index (κ3) is 5.59. The minimum atomic E-state index is 0. The number of rotatable bonds is 6. The summed E-state index contributed by atoms with van der Waals surface area (Å²) in [6, 6.07) is 4.29. The normalized spacial score (nSPS) is 21.8. The van der Waals surface area contributed by atoms with Crippen molar-refractivity contribution < 1.29 is 9.15 Å². The van der Waals surface area contributed by atoms with Crippen molar-refractivity contribution >= 4 is 29.9 Å². The summed E-state index contributed by atoms with van der Waals surface area (Å²) < 4.78 is 11.0. The highest BCUT2D eigenvalue weighted by Crippen LogP contribution is 2.26. The number of ether oxygens (including phenoxy) is 1. The summed E-state index contributed by atoms with van der Waals surface area (Å²) in [5.74, 6) is 1.87. The van der Waals surface area contributed by atoms with Crippen LogP contribution < -0.4 is 10.6 Å². The number of guanidine groups is 1. The van der Waals surface area contributed by atoms with E-state index in [-0.39, 0.29) is 35.4 Å². The molecule has 3 heterocycles. The molecule has 0 bridgehead atoms. The Bertz CT molecular complexity index is 525. The van der Waals surface area contributed by atoms with Crippen molar-refractivity contribution in [1.82, 2.24) is 15.5 Å². The van der Waals surface area contributed by atoms with Gasteiger partial charge in [-0.2, -0.15) is 0 Å². The van der Waals surface area contributed by atoms with Crippen LogP contribution in [-0.2, 0) is 4.74 Å². The van der Waals surface area contributed by atoms with Crippen molar-refractivity contribution in [3.63, 3.8) is 0 Å². The summed E-state index contributed by atoms with van der Waals surface area (Å²) in [5.41, 5.74) is 0.227. The van der Waals surface area contributed by atoms with Gasteiger partial charge in [0, 0.05) is 25.6 Å². The largest absolute Gasteiger partial charge is 0.468 e. The van der Waals surface area contributed by atoms with E-state index in [1.54, 1.807) is 6.26 Å². The Morgan fingerprint density at radius 2 is 2.04 bits per heavy atom. The zero-order valence-corrected chi connectivity index (χ0v) is 17.6. The van der Waals surface area contributed by atoms with Crippen LogP contribution in [-0.4, -0.2) is 57.3 Å². The quantitative estimate of drug-likeness (QED) is 0.387. The molecule has 0 radical (unpaired) electrons. The van der Waals surface area contributed by atoms with Gasteiger partial charge in [-0.3, -0.25) is 9.89 Å². The van der Waals surface area contributed by atoms with Crippen LogP contribution in [0.4, 0.5) is 0 Å². The summed E-state index contributed by atoms with van der Waals surface area (Å²) in [6.07, 6.45) is 5.63. The lowest BCUT2D eigenvalue weighted by Gasteiger charge is -2.38. The summed E-state index contributed by atoms with van der Waals surface area (Å²) in [7, 11) is 1.82. The van der Waals surface area contributed by atoms with Crippen molar-refractivity contribution in [1.29, 1.82) is 0 Å². The Kier molecular flexibility index (Phi) is 8.02. The molecule has 7 heteroatoms. The number of nitrogens with one attached hydrogen (secondary N) is 2. The molecule has 2 N–H and O–H groups in total. The molecule has 0 aromatic carbocycles. The summed E-state index contributed by atoms with van der Waals surface area (Å²) in [4.78, 5) is 6.87. The minimum absolute atomic E-state index is 0. The zero-order chi connectivity index (χ0) is 16.8. The van der Waals surface area contributed by atoms with Crippen molar-refractivity contribution in [3.8, 4) is 0 Å². The van der Waals surface area contributed by atoms with E-state index in [0.717, 1.165) is 51.1 Å². The van der Waals surface area contributed by atoms with E-state index < -0.39 is 0 Å². The minimum Gasteiger partial charge on any atom is -0.468 e. The Morgan fingerprint density at radius 3 is 2.60 bits per heavy atom. The van der Waals surface area contributed by atoms with Gasteiger partial charge in [-0.15, -0.1) is 24.0 Å². The Morgan fingerprint density at radius 1 is 1.28 bits per heavy atom. The molecular formula is C18H31IN4O2. The number of aliphatic imine (C=N–C) groups is 1. The van der Waals surface area contributed by atoms with E-state index in [4.69, 9.17) is 9.15 Å². The first-order valence-corrected chi connectivity index (χ1v) is 9.00. The number of piperidine rings is 1. The van der Waals surface area contributed by atoms with Crippen LogP contribution in [0.3, 0.4) is 0 Å². The maximum Gasteiger partial charge on any atom is 0.191 e. The van der Waals surface area contributed by atoms with Gasteiger partial charge in [0.1, 0.15) is 5.76 Å². The molecule has 0 aliphatic carbocycles. The fourth-order valence-electron chi connectivity index (χ4n) is 3.38. The molecule has 142 valence electrons. The summed E-state index contributed by atoms with van der Waals surface area (Å²) in [6.45, 7) is 7.81. The van der Waals surface area contributed by atoms with E-state index in [2.05, 4.69) is 33.5 Å². The second-order valence-corrected chi connectivity index (χ2v) is 7.24. The fraction of sp³-hybridized carbons (Fsp3) is 0.722. The van der Waals surface area contributed by atoms with Gasteiger partial charge in [-0.05, 0) is 38.1 Å². The number of likely N-dealkylation sites (tertiary alicyclic amines) is 1. The van der Waals surface area contributed by atoms with E-state index >= 15 is 0 Å². The predicted molar refractivity (Wildman–Crippen MR) is 111 cm³/mol. The second kappa shape index (κ2) is 9.78. The SMILES string of the molecule is CN=C(NCC(c1ccco1)N1CCCCC1)NCC1(C)COC1.I. The highest BCUT2D eigenvalue weighted by atomic mass is 127. The topological polar surface area (TPSA) is 62.0 Å². The number of furan rings is 1. The fourth-order valence-corrected chi connectivity index (χ4v) is 3.38. The van der Waals surface area contributed by atoms with Gasteiger partial charge >= 0.3 is 0 Å². The molecule has 2 saturated heterocycles. The molecule has 1 aromatic heterocycles. The molecular weight excluding hydrogens is 431 g/mol. The van der Waals surface area contributed by atoms with Crippen LogP contribution in [0.15, 0.2) is 27.8 Å². The molecule has 0 spiro atoms. The Balaban J connectivity index is 0.00000225. The van der Waals surface area contributed by atoms with E-state index in [0.29, 0.717) is 0 Å². The zero-order valence-electron chi connectivity index (χ0n) is 15.3. The standard InChI is InChI=1S/C18H30N4O2.HI/c1-18(13-23-14-18)12-21-17(19-2)20-11-15(16-7-6-10-24-16)22-8-4-3-5-9-22;/h6-7,10,15H,3-5,8-9,11-14H2,1-2H3,(H2,19,20,21);1H. The van der Waals surface area contributed by atoms with Crippen molar-refractivity contribution in [3.05, 3.63) is 24.2 Å². The van der Waals surface area contributed by atoms with Crippen LogP contribution in [0.1, 0.15) is 38.0 Å². The molecule has 2 aliphatic heterocycles. The highest BCUT2D eigenvalue weighted by Gasteiger charge is 2.33. The first kappa shape index (κ1) is 20.5. The lowest BCUT2D eigenvalue weighted by Crippen LogP contribution is -2.52. The van der Waals surface area contributed by atoms with Gasteiger partial charge in [-0.1, -0.05) is 13.3 Å². The molecule has 0 saturated carbocycles. The van der Waals surface area contributed by atoms with Crippen LogP contribution in [0, 0.1) is 5.41 Å². The monoisotopic (exact) mass is 462 g/mol. The van der Waals surface area contributed by atoms with Crippen LogP contribution in [0.2, 0.25) is 0 Å². The molecule has 1 atom stereocenters. The average molecular weight is 462 g/mol. The molecule has 1 unspecified atom stereocenters. The van der Waals surface area contributed by atoms with Gasteiger partial charge in [0.2, 0.25) is 0 Å². The maximum absolute atomic E-state index is 5.70. The molecule has 1 aromatic rings. The maximum atomic E-state index is 5.70. The average Bonchev–Trinajstić information content (AvgIpc) is 3.11. The first-order valence-electron chi connectivity index (χ1n) is 9.00. The van der Waals surface area contributed by atoms with Crippen molar-refractivity contribution in [2.45, 2.75) is 32.2 Å². The molecule has 0 amide bonds. The van der Waals surface area contributed by atoms with E-state index in [1.807, 2.05) is 13.1 Å². The van der Waals surface area contributed by atoms with E-state index in [1.165, 1.54) is 19.3 Å². The lowest BCUT2D eigenvalue weighted by molar-refractivity contribution is -0.0971. The molecule has 25 heavy (non-hydrogen) atoms. The van der Waals surface area contributed by atoms with Gasteiger partial charge in [-0.25, -0.2) is 0 Å². The molecule has 2 aliphatic rings. The van der Waals surface area contributed by atoms with Gasteiger partial charge in [0.25, 0.3) is 0 Å². The Hall–Kier alpha value is -0.800. The smallest absolute Gasteiger partial charge is 0.191 e. The number of hydrogen-bond acceptors (Lipinski definition) is 4. The predicted octanol–water partition coefficient (Wildman–Crippen LogP) is 2.63. The van der Waals surface area contributed by atoms with Gasteiger partial charge in [0.05, 0.1) is 25.5 Å². The van der Waals surface area contributed by atoms with Crippen molar-refractivity contribution in [2.24, 2.45) is 10.4 Å². The van der Waals surface area contributed by atoms with Crippen LogP contribution in [0.25, 0.3) is 0 Å².